The highest BCUT2D eigenvalue weighted by atomic mass is 16.5. The third-order valence-electron chi connectivity index (χ3n) is 4.00. The van der Waals surface area contributed by atoms with Gasteiger partial charge in [0.25, 0.3) is 0 Å². The van der Waals surface area contributed by atoms with Crippen LogP contribution in [-0.4, -0.2) is 51.0 Å². The molecule has 0 radical (unpaired) electrons. The van der Waals surface area contributed by atoms with Gasteiger partial charge in [-0.15, -0.1) is 0 Å². The Labute approximate surface area is 134 Å². The number of rotatable bonds is 7. The Morgan fingerprint density at radius 1 is 1.43 bits per heavy atom. The van der Waals surface area contributed by atoms with Gasteiger partial charge in [-0.1, -0.05) is 12.1 Å². The second kappa shape index (κ2) is 7.36. The van der Waals surface area contributed by atoms with Crippen molar-refractivity contribution >= 4 is 11.6 Å². The second-order valence-electron chi connectivity index (χ2n) is 5.57. The first-order chi connectivity index (χ1) is 11.3. The number of nitrogens with one attached hydrogen (secondary N) is 1. The molecule has 1 atom stereocenters. The van der Waals surface area contributed by atoms with E-state index in [1.165, 1.54) is 0 Å². The van der Waals surface area contributed by atoms with Gasteiger partial charge in [-0.05, 0) is 12.8 Å². The van der Waals surface area contributed by atoms with E-state index in [2.05, 4.69) is 30.3 Å². The maximum atomic E-state index is 9.43. The van der Waals surface area contributed by atoms with Gasteiger partial charge in [0.2, 0.25) is 5.89 Å². The molecule has 1 fully saturated rings. The van der Waals surface area contributed by atoms with Crippen LogP contribution in [0.4, 0.5) is 11.6 Å². The molecule has 1 saturated heterocycles. The molecular formula is C15H22N6O2. The van der Waals surface area contributed by atoms with E-state index < -0.39 is 0 Å². The first kappa shape index (κ1) is 15.7. The Balaban J connectivity index is 1.57. The molecule has 1 aliphatic heterocycles. The highest BCUT2D eigenvalue weighted by Crippen LogP contribution is 2.24. The van der Waals surface area contributed by atoms with Gasteiger partial charge in [0, 0.05) is 32.0 Å². The number of hydrogen-bond acceptors (Lipinski definition) is 8. The molecule has 23 heavy (non-hydrogen) atoms. The molecule has 2 aromatic rings. The van der Waals surface area contributed by atoms with E-state index in [1.54, 1.807) is 6.33 Å². The SMILES string of the molecule is CCc1nc(CCNc2cc(N3CCCC3CO)ncn2)no1. The Kier molecular flexibility index (Phi) is 5.02. The largest absolute Gasteiger partial charge is 0.394 e. The van der Waals surface area contributed by atoms with Crippen LogP contribution in [0, 0.1) is 0 Å². The van der Waals surface area contributed by atoms with Crippen LogP contribution in [0.2, 0.25) is 0 Å². The van der Waals surface area contributed by atoms with Gasteiger partial charge in [-0.2, -0.15) is 4.98 Å². The molecule has 0 spiro atoms. The highest BCUT2D eigenvalue weighted by molar-refractivity contribution is 5.49. The van der Waals surface area contributed by atoms with Crippen molar-refractivity contribution in [3.8, 4) is 0 Å². The van der Waals surface area contributed by atoms with Gasteiger partial charge in [0.05, 0.1) is 12.6 Å². The van der Waals surface area contributed by atoms with Gasteiger partial charge in [0.15, 0.2) is 5.82 Å². The minimum absolute atomic E-state index is 0.157. The molecule has 124 valence electrons. The number of aliphatic hydroxyl groups is 1. The van der Waals surface area contributed by atoms with E-state index in [-0.39, 0.29) is 12.6 Å². The van der Waals surface area contributed by atoms with Crippen LogP contribution in [0.3, 0.4) is 0 Å². The lowest BCUT2D eigenvalue weighted by atomic mass is 10.2. The summed E-state index contributed by atoms with van der Waals surface area (Å²) in [6.07, 6.45) is 5.05. The smallest absolute Gasteiger partial charge is 0.226 e. The maximum Gasteiger partial charge on any atom is 0.226 e. The van der Waals surface area contributed by atoms with Crippen molar-refractivity contribution in [2.45, 2.75) is 38.6 Å². The van der Waals surface area contributed by atoms with E-state index in [0.29, 0.717) is 24.7 Å². The van der Waals surface area contributed by atoms with Crippen LogP contribution < -0.4 is 10.2 Å². The molecule has 0 aliphatic carbocycles. The average molecular weight is 318 g/mol. The molecule has 8 heteroatoms. The Morgan fingerprint density at radius 2 is 2.35 bits per heavy atom. The van der Waals surface area contributed by atoms with Crippen molar-refractivity contribution < 1.29 is 9.63 Å². The van der Waals surface area contributed by atoms with Crippen molar-refractivity contribution in [2.24, 2.45) is 0 Å². The van der Waals surface area contributed by atoms with Gasteiger partial charge in [-0.25, -0.2) is 9.97 Å². The predicted molar refractivity (Wildman–Crippen MR) is 85.4 cm³/mol. The number of aliphatic hydroxyl groups excluding tert-OH is 1. The number of anilines is 2. The molecule has 8 nitrogen and oxygen atoms in total. The van der Waals surface area contributed by atoms with Crippen LogP contribution in [0.5, 0.6) is 0 Å². The summed E-state index contributed by atoms with van der Waals surface area (Å²) in [4.78, 5) is 15.0. The summed E-state index contributed by atoms with van der Waals surface area (Å²) in [6, 6.07) is 2.08. The normalized spacial score (nSPS) is 17.7. The van der Waals surface area contributed by atoms with Gasteiger partial charge in [0.1, 0.15) is 18.0 Å². The van der Waals surface area contributed by atoms with Crippen molar-refractivity contribution in [3.63, 3.8) is 0 Å². The van der Waals surface area contributed by atoms with E-state index >= 15 is 0 Å². The van der Waals surface area contributed by atoms with Crippen molar-refractivity contribution in [1.82, 2.24) is 20.1 Å². The van der Waals surface area contributed by atoms with E-state index in [1.807, 2.05) is 13.0 Å². The van der Waals surface area contributed by atoms with Gasteiger partial charge >= 0.3 is 0 Å². The molecule has 0 bridgehead atoms. The minimum atomic E-state index is 0.157. The third kappa shape index (κ3) is 3.76. The molecule has 0 saturated carbocycles. The molecule has 0 aromatic carbocycles. The van der Waals surface area contributed by atoms with Gasteiger partial charge < -0.3 is 19.8 Å². The van der Waals surface area contributed by atoms with Crippen LogP contribution in [0.1, 0.15) is 31.5 Å². The fraction of sp³-hybridized carbons (Fsp3) is 0.600. The molecular weight excluding hydrogens is 296 g/mol. The summed E-state index contributed by atoms with van der Waals surface area (Å²) in [6.45, 7) is 3.73. The summed E-state index contributed by atoms with van der Waals surface area (Å²) < 4.78 is 5.08. The zero-order valence-electron chi connectivity index (χ0n) is 13.3. The summed E-state index contributed by atoms with van der Waals surface area (Å²) in [5.74, 6) is 2.97. The number of hydrogen-bond donors (Lipinski definition) is 2. The van der Waals surface area contributed by atoms with Crippen LogP contribution >= 0.6 is 0 Å². The van der Waals surface area contributed by atoms with E-state index in [9.17, 15) is 5.11 Å². The average Bonchev–Trinajstić information content (AvgIpc) is 3.24. The fourth-order valence-corrected chi connectivity index (χ4v) is 2.77. The summed E-state index contributed by atoms with van der Waals surface area (Å²) >= 11 is 0. The molecule has 2 aromatic heterocycles. The summed E-state index contributed by atoms with van der Waals surface area (Å²) in [7, 11) is 0. The van der Waals surface area contributed by atoms with Crippen molar-refractivity contribution in [2.75, 3.05) is 29.9 Å². The topological polar surface area (TPSA) is 100 Å². The maximum absolute atomic E-state index is 9.43. The monoisotopic (exact) mass is 318 g/mol. The lowest BCUT2D eigenvalue weighted by Gasteiger charge is -2.24. The molecule has 1 unspecified atom stereocenters. The lowest BCUT2D eigenvalue weighted by molar-refractivity contribution is 0.266. The Hall–Kier alpha value is -2.22. The highest BCUT2D eigenvalue weighted by Gasteiger charge is 2.25. The van der Waals surface area contributed by atoms with Crippen LogP contribution in [-0.2, 0) is 12.8 Å². The zero-order chi connectivity index (χ0) is 16.1. The van der Waals surface area contributed by atoms with E-state index in [4.69, 9.17) is 4.52 Å². The van der Waals surface area contributed by atoms with Crippen molar-refractivity contribution in [1.29, 1.82) is 0 Å². The summed E-state index contributed by atoms with van der Waals surface area (Å²) in [5.41, 5.74) is 0. The first-order valence-corrected chi connectivity index (χ1v) is 8.05. The third-order valence-corrected chi connectivity index (χ3v) is 4.00. The van der Waals surface area contributed by atoms with Crippen LogP contribution in [0.15, 0.2) is 16.9 Å². The number of aromatic nitrogens is 4. The predicted octanol–water partition coefficient (Wildman–Crippen LogP) is 1.04. The molecule has 2 N–H and O–H groups in total. The number of nitrogens with zero attached hydrogens (tertiary/aromatic N) is 5. The molecule has 3 heterocycles. The lowest BCUT2D eigenvalue weighted by Crippen LogP contribution is -2.32. The fourth-order valence-electron chi connectivity index (χ4n) is 2.77. The molecule has 1 aliphatic rings. The minimum Gasteiger partial charge on any atom is -0.394 e. The Morgan fingerprint density at radius 3 is 3.13 bits per heavy atom. The molecule has 3 rings (SSSR count). The standard InChI is InChI=1S/C15H22N6O2/c1-2-15-19-12(20-23-15)5-6-16-13-8-14(18-10-17-13)21-7-3-4-11(21)9-22/h8,10-11,22H,2-7,9H2,1H3,(H,16,17,18). The zero-order valence-corrected chi connectivity index (χ0v) is 13.3. The molecule has 0 amide bonds. The van der Waals surface area contributed by atoms with Gasteiger partial charge in [-0.3, -0.25) is 0 Å². The quantitative estimate of drug-likeness (QED) is 0.781. The first-order valence-electron chi connectivity index (χ1n) is 8.05. The van der Waals surface area contributed by atoms with E-state index in [0.717, 1.165) is 37.4 Å². The number of aryl methyl sites for hydroxylation is 1. The summed E-state index contributed by atoms with van der Waals surface area (Å²) in [5, 5.41) is 16.6. The van der Waals surface area contributed by atoms with Crippen LogP contribution in [0.25, 0.3) is 0 Å². The van der Waals surface area contributed by atoms with Crippen molar-refractivity contribution in [3.05, 3.63) is 24.1 Å². The second-order valence-corrected chi connectivity index (χ2v) is 5.57. The Bertz CT molecular complexity index is 632.